The largest absolute Gasteiger partial charge is 0.394 e. The van der Waals surface area contributed by atoms with Crippen LogP contribution in [0.25, 0.3) is 0 Å². The van der Waals surface area contributed by atoms with E-state index in [1.807, 2.05) is 13.8 Å². The normalized spacial score (nSPS) is 15.8. The third-order valence-corrected chi connectivity index (χ3v) is 2.67. The number of amides is 1. The average molecular weight is 244 g/mol. The van der Waals surface area contributed by atoms with Crippen molar-refractivity contribution in [1.29, 1.82) is 0 Å². The first-order valence-corrected chi connectivity index (χ1v) is 6.31. The van der Waals surface area contributed by atoms with Gasteiger partial charge in [0.1, 0.15) is 0 Å². The summed E-state index contributed by atoms with van der Waals surface area (Å²) < 4.78 is 0. The fourth-order valence-corrected chi connectivity index (χ4v) is 1.79. The van der Waals surface area contributed by atoms with Crippen molar-refractivity contribution < 1.29 is 9.90 Å². The third-order valence-electron chi connectivity index (χ3n) is 2.67. The van der Waals surface area contributed by atoms with E-state index in [0.29, 0.717) is 6.42 Å². The van der Waals surface area contributed by atoms with E-state index in [2.05, 4.69) is 26.1 Å². The number of hydrogen-bond acceptors (Lipinski definition) is 3. The van der Waals surface area contributed by atoms with Gasteiger partial charge in [0.15, 0.2) is 0 Å². The van der Waals surface area contributed by atoms with Crippen LogP contribution < -0.4 is 11.1 Å². The van der Waals surface area contributed by atoms with Crippen molar-refractivity contribution >= 4 is 5.91 Å². The van der Waals surface area contributed by atoms with Crippen LogP contribution in [0.3, 0.4) is 0 Å². The number of hydrogen-bond donors (Lipinski definition) is 3. The Morgan fingerprint density at radius 1 is 1.35 bits per heavy atom. The Morgan fingerprint density at radius 2 is 1.88 bits per heavy atom. The highest BCUT2D eigenvalue weighted by atomic mass is 16.3. The summed E-state index contributed by atoms with van der Waals surface area (Å²) in [7, 11) is 0. The maximum absolute atomic E-state index is 11.7. The highest BCUT2D eigenvalue weighted by molar-refractivity contribution is 5.76. The van der Waals surface area contributed by atoms with Gasteiger partial charge in [0.05, 0.1) is 12.6 Å². The molecule has 0 aliphatic rings. The zero-order valence-corrected chi connectivity index (χ0v) is 11.8. The molecule has 4 nitrogen and oxygen atoms in total. The molecular weight excluding hydrogens is 216 g/mol. The van der Waals surface area contributed by atoms with E-state index < -0.39 is 0 Å². The summed E-state index contributed by atoms with van der Waals surface area (Å²) >= 11 is 0. The molecule has 4 N–H and O–H groups in total. The van der Waals surface area contributed by atoms with Gasteiger partial charge in [0, 0.05) is 12.5 Å². The molecule has 1 amide bonds. The Balaban J connectivity index is 4.09. The smallest absolute Gasteiger partial charge is 0.221 e. The molecule has 0 aliphatic heterocycles. The van der Waals surface area contributed by atoms with E-state index in [-0.39, 0.29) is 35.9 Å². The second kappa shape index (κ2) is 6.97. The Morgan fingerprint density at radius 3 is 2.24 bits per heavy atom. The molecule has 0 saturated heterocycles. The minimum atomic E-state index is -0.177. The number of nitrogens with two attached hydrogens (primary N) is 1. The molecule has 0 rings (SSSR count). The lowest BCUT2D eigenvalue weighted by Gasteiger charge is -2.24. The molecule has 0 fully saturated rings. The molecule has 102 valence electrons. The van der Waals surface area contributed by atoms with Crippen LogP contribution in [0, 0.1) is 11.3 Å². The van der Waals surface area contributed by atoms with Crippen LogP contribution in [0.4, 0.5) is 0 Å². The standard InChI is InChI=1S/C13H28N2O2/c1-9(2)11(8-16)15-12(17)6-10(14)7-13(3,4)5/h9-11,16H,6-8,14H2,1-5H3,(H,15,17). The second-order valence-corrected chi connectivity index (χ2v) is 6.33. The van der Waals surface area contributed by atoms with Gasteiger partial charge in [0.25, 0.3) is 0 Å². The van der Waals surface area contributed by atoms with E-state index in [9.17, 15) is 4.79 Å². The van der Waals surface area contributed by atoms with E-state index in [1.54, 1.807) is 0 Å². The molecule has 17 heavy (non-hydrogen) atoms. The van der Waals surface area contributed by atoms with Gasteiger partial charge in [-0.1, -0.05) is 34.6 Å². The topological polar surface area (TPSA) is 75.3 Å². The predicted octanol–water partition coefficient (Wildman–Crippen LogP) is 1.27. The van der Waals surface area contributed by atoms with Crippen molar-refractivity contribution in [2.45, 2.75) is 59.5 Å². The van der Waals surface area contributed by atoms with Crippen molar-refractivity contribution in [2.24, 2.45) is 17.1 Å². The van der Waals surface area contributed by atoms with Gasteiger partial charge in [-0.15, -0.1) is 0 Å². The Labute approximate surface area is 105 Å². The first-order valence-electron chi connectivity index (χ1n) is 6.31. The number of carbonyl (C=O) groups excluding carboxylic acids is 1. The molecule has 0 aliphatic carbocycles. The summed E-state index contributed by atoms with van der Waals surface area (Å²) in [5.74, 6) is 0.150. The molecule has 4 heteroatoms. The molecule has 0 saturated carbocycles. The molecule has 2 unspecified atom stereocenters. The molecular formula is C13H28N2O2. The van der Waals surface area contributed by atoms with Gasteiger partial charge in [-0.25, -0.2) is 0 Å². The number of carbonyl (C=O) groups is 1. The quantitative estimate of drug-likeness (QED) is 0.658. The Hall–Kier alpha value is -0.610. The fourth-order valence-electron chi connectivity index (χ4n) is 1.79. The van der Waals surface area contributed by atoms with E-state index in [0.717, 1.165) is 6.42 Å². The molecule has 0 aromatic heterocycles. The van der Waals surface area contributed by atoms with Gasteiger partial charge in [0.2, 0.25) is 5.91 Å². The number of aliphatic hydroxyl groups excluding tert-OH is 1. The fraction of sp³-hybridized carbons (Fsp3) is 0.923. The summed E-state index contributed by atoms with van der Waals surface area (Å²) in [6, 6.07) is -0.300. The van der Waals surface area contributed by atoms with Gasteiger partial charge in [-0.3, -0.25) is 4.79 Å². The van der Waals surface area contributed by atoms with E-state index >= 15 is 0 Å². The molecule has 0 spiro atoms. The first kappa shape index (κ1) is 16.4. The van der Waals surface area contributed by atoms with Crippen molar-refractivity contribution in [3.05, 3.63) is 0 Å². The highest BCUT2D eigenvalue weighted by Crippen LogP contribution is 2.21. The lowest BCUT2D eigenvalue weighted by molar-refractivity contribution is -0.122. The maximum Gasteiger partial charge on any atom is 0.221 e. The third kappa shape index (κ3) is 8.16. The summed E-state index contributed by atoms with van der Waals surface area (Å²) in [6.07, 6.45) is 1.13. The van der Waals surface area contributed by atoms with Gasteiger partial charge in [-0.2, -0.15) is 0 Å². The lowest BCUT2D eigenvalue weighted by atomic mass is 9.87. The number of nitrogens with one attached hydrogen (secondary N) is 1. The molecule has 0 radical (unpaired) electrons. The minimum Gasteiger partial charge on any atom is -0.394 e. The van der Waals surface area contributed by atoms with Crippen molar-refractivity contribution in [1.82, 2.24) is 5.32 Å². The van der Waals surface area contributed by atoms with Gasteiger partial charge < -0.3 is 16.2 Å². The van der Waals surface area contributed by atoms with Crippen molar-refractivity contribution in [3.63, 3.8) is 0 Å². The summed E-state index contributed by atoms with van der Waals surface area (Å²) in [4.78, 5) is 11.7. The molecule has 0 aromatic carbocycles. The molecule has 0 aromatic rings. The van der Waals surface area contributed by atoms with E-state index in [1.165, 1.54) is 0 Å². The highest BCUT2D eigenvalue weighted by Gasteiger charge is 2.20. The summed E-state index contributed by atoms with van der Waals surface area (Å²) in [5.41, 5.74) is 6.06. The zero-order chi connectivity index (χ0) is 13.6. The monoisotopic (exact) mass is 244 g/mol. The van der Waals surface area contributed by atoms with Crippen LogP contribution >= 0.6 is 0 Å². The summed E-state index contributed by atoms with van der Waals surface area (Å²) in [6.45, 7) is 10.2. The average Bonchev–Trinajstić information content (AvgIpc) is 2.09. The Kier molecular flexibility index (Phi) is 6.72. The van der Waals surface area contributed by atoms with Crippen LogP contribution in [0.2, 0.25) is 0 Å². The maximum atomic E-state index is 11.7. The predicted molar refractivity (Wildman–Crippen MR) is 70.5 cm³/mol. The van der Waals surface area contributed by atoms with E-state index in [4.69, 9.17) is 10.8 Å². The minimum absolute atomic E-state index is 0.0298. The first-order chi connectivity index (χ1) is 7.65. The van der Waals surface area contributed by atoms with Crippen LogP contribution in [0.15, 0.2) is 0 Å². The second-order valence-electron chi connectivity index (χ2n) is 6.33. The zero-order valence-electron chi connectivity index (χ0n) is 11.8. The van der Waals surface area contributed by atoms with Crippen molar-refractivity contribution in [2.75, 3.05) is 6.61 Å². The molecule has 0 heterocycles. The van der Waals surface area contributed by atoms with Crippen molar-refractivity contribution in [3.8, 4) is 0 Å². The van der Waals surface area contributed by atoms with Crippen LogP contribution in [0.5, 0.6) is 0 Å². The number of rotatable bonds is 6. The SMILES string of the molecule is CC(C)C(CO)NC(=O)CC(N)CC(C)(C)C. The van der Waals surface area contributed by atoms with Gasteiger partial charge >= 0.3 is 0 Å². The molecule has 0 bridgehead atoms. The molecule has 2 atom stereocenters. The van der Waals surface area contributed by atoms with Crippen LogP contribution in [-0.2, 0) is 4.79 Å². The van der Waals surface area contributed by atoms with Crippen LogP contribution in [-0.4, -0.2) is 29.7 Å². The number of aliphatic hydroxyl groups is 1. The lowest BCUT2D eigenvalue weighted by Crippen LogP contribution is -2.43. The van der Waals surface area contributed by atoms with Crippen LogP contribution in [0.1, 0.15) is 47.5 Å². The summed E-state index contributed by atoms with van der Waals surface area (Å²) in [5, 5.41) is 11.9. The van der Waals surface area contributed by atoms with Gasteiger partial charge in [-0.05, 0) is 17.8 Å². The Bertz CT molecular complexity index is 234.